The lowest BCUT2D eigenvalue weighted by atomic mass is 9.97. The topological polar surface area (TPSA) is 68.5 Å². The van der Waals surface area contributed by atoms with Gasteiger partial charge in [-0.2, -0.15) is 0 Å². The number of nitrogens with zero attached hydrogens (tertiary/aromatic N) is 2. The average Bonchev–Trinajstić information content (AvgIpc) is 2.76. The van der Waals surface area contributed by atoms with Gasteiger partial charge in [-0.25, -0.2) is 4.98 Å². The van der Waals surface area contributed by atoms with E-state index < -0.39 is 0 Å². The molecule has 1 aromatic rings. The molecular weight excluding hydrogens is 286 g/mol. The van der Waals surface area contributed by atoms with Crippen molar-refractivity contribution >= 4 is 34.8 Å². The molecule has 1 aromatic heterocycles. The van der Waals surface area contributed by atoms with Crippen molar-refractivity contribution in [3.63, 3.8) is 0 Å². The molecule has 1 aliphatic rings. The quantitative estimate of drug-likeness (QED) is 0.861. The molecule has 1 saturated heterocycles. The molecule has 0 atom stereocenters. The van der Waals surface area contributed by atoms with Gasteiger partial charge in [-0.1, -0.05) is 0 Å². The molecule has 108 valence electrons. The number of aromatic nitrogens is 1. The highest BCUT2D eigenvalue weighted by molar-refractivity contribution is 7.15. The fraction of sp³-hybridized carbons (Fsp3) is 0.667. The number of carbonyl (C=O) groups is 1. The molecule has 0 aliphatic carbocycles. The van der Waals surface area contributed by atoms with Gasteiger partial charge in [0.2, 0.25) is 0 Å². The van der Waals surface area contributed by atoms with E-state index in [0.29, 0.717) is 11.7 Å². The van der Waals surface area contributed by atoms with Crippen LogP contribution in [-0.2, 0) is 16.1 Å². The van der Waals surface area contributed by atoms with E-state index in [4.69, 9.17) is 10.5 Å². The molecule has 1 aliphatic heterocycles. The van der Waals surface area contributed by atoms with E-state index >= 15 is 0 Å². The Morgan fingerprint density at radius 2 is 2.26 bits per heavy atom. The highest BCUT2D eigenvalue weighted by Gasteiger charge is 2.26. The fourth-order valence-corrected chi connectivity index (χ4v) is 2.93. The minimum absolute atomic E-state index is 0. The molecule has 7 heteroatoms. The Morgan fingerprint density at radius 3 is 2.79 bits per heavy atom. The number of esters is 1. The van der Waals surface area contributed by atoms with Crippen LogP contribution in [0.25, 0.3) is 0 Å². The maximum absolute atomic E-state index is 11.6. The summed E-state index contributed by atoms with van der Waals surface area (Å²) in [6.45, 7) is 5.06. The van der Waals surface area contributed by atoms with Gasteiger partial charge in [0, 0.05) is 17.6 Å². The third kappa shape index (κ3) is 4.63. The number of halogens is 1. The second-order valence-electron chi connectivity index (χ2n) is 4.47. The van der Waals surface area contributed by atoms with Gasteiger partial charge in [0.25, 0.3) is 0 Å². The van der Waals surface area contributed by atoms with Gasteiger partial charge in [-0.3, -0.25) is 9.69 Å². The Hall–Kier alpha value is -0.850. The molecule has 0 saturated carbocycles. The van der Waals surface area contributed by atoms with Crippen LogP contribution in [0.4, 0.5) is 5.13 Å². The molecule has 0 bridgehead atoms. The van der Waals surface area contributed by atoms with Crippen molar-refractivity contribution in [1.29, 1.82) is 0 Å². The van der Waals surface area contributed by atoms with E-state index in [-0.39, 0.29) is 24.3 Å². The minimum Gasteiger partial charge on any atom is -0.466 e. The molecule has 0 unspecified atom stereocenters. The van der Waals surface area contributed by atoms with Crippen LogP contribution < -0.4 is 5.73 Å². The van der Waals surface area contributed by atoms with Crippen molar-refractivity contribution in [2.45, 2.75) is 26.3 Å². The third-order valence-corrected chi connectivity index (χ3v) is 3.97. The average molecular weight is 306 g/mol. The first-order valence-corrected chi connectivity index (χ1v) is 7.10. The standard InChI is InChI=1S/C12H19N3O2S.ClH/c1-2-17-11(16)9-3-5-15(6-4-9)8-10-7-14-12(13)18-10;/h7,9H,2-6,8H2,1H3,(H2,13,14);1H. The zero-order valence-corrected chi connectivity index (χ0v) is 12.6. The van der Waals surface area contributed by atoms with Crippen LogP contribution in [0.2, 0.25) is 0 Å². The molecule has 1 fully saturated rings. The number of thiazole rings is 1. The van der Waals surface area contributed by atoms with Crippen LogP contribution in [-0.4, -0.2) is 35.5 Å². The Bertz CT molecular complexity index is 405. The van der Waals surface area contributed by atoms with Gasteiger partial charge in [-0.05, 0) is 32.9 Å². The van der Waals surface area contributed by atoms with Crippen LogP contribution >= 0.6 is 23.7 Å². The van der Waals surface area contributed by atoms with Crippen LogP contribution in [0.3, 0.4) is 0 Å². The number of hydrogen-bond donors (Lipinski definition) is 1. The lowest BCUT2D eigenvalue weighted by Crippen LogP contribution is -2.36. The van der Waals surface area contributed by atoms with Gasteiger partial charge < -0.3 is 10.5 Å². The molecule has 5 nitrogen and oxygen atoms in total. The zero-order valence-electron chi connectivity index (χ0n) is 11.0. The normalized spacial score (nSPS) is 16.9. The number of nitrogen functional groups attached to an aromatic ring is 1. The van der Waals surface area contributed by atoms with Crippen LogP contribution in [0.1, 0.15) is 24.6 Å². The summed E-state index contributed by atoms with van der Waals surface area (Å²) in [4.78, 5) is 19.2. The molecule has 0 radical (unpaired) electrons. The highest BCUT2D eigenvalue weighted by atomic mass is 35.5. The molecule has 2 rings (SSSR count). The van der Waals surface area contributed by atoms with Crippen LogP contribution in [0.5, 0.6) is 0 Å². The predicted octanol–water partition coefficient (Wildman–Crippen LogP) is 1.92. The first kappa shape index (κ1) is 16.2. The number of hydrogen-bond acceptors (Lipinski definition) is 6. The number of likely N-dealkylation sites (tertiary alicyclic amines) is 1. The molecular formula is C12H20ClN3O2S. The van der Waals surface area contributed by atoms with Gasteiger partial charge in [-0.15, -0.1) is 23.7 Å². The number of nitrogens with two attached hydrogens (primary N) is 1. The van der Waals surface area contributed by atoms with E-state index in [1.807, 2.05) is 13.1 Å². The smallest absolute Gasteiger partial charge is 0.309 e. The lowest BCUT2D eigenvalue weighted by molar-refractivity contribution is -0.149. The highest BCUT2D eigenvalue weighted by Crippen LogP contribution is 2.22. The van der Waals surface area contributed by atoms with Crippen molar-refractivity contribution < 1.29 is 9.53 Å². The third-order valence-electron chi connectivity index (χ3n) is 3.16. The zero-order chi connectivity index (χ0) is 13.0. The summed E-state index contributed by atoms with van der Waals surface area (Å²) in [5, 5.41) is 0.617. The Balaban J connectivity index is 0.00000180. The van der Waals surface area contributed by atoms with Crippen molar-refractivity contribution in [2.75, 3.05) is 25.4 Å². The largest absolute Gasteiger partial charge is 0.466 e. The first-order valence-electron chi connectivity index (χ1n) is 6.28. The van der Waals surface area contributed by atoms with E-state index in [1.54, 1.807) is 0 Å². The van der Waals surface area contributed by atoms with Gasteiger partial charge in [0.15, 0.2) is 5.13 Å². The first-order chi connectivity index (χ1) is 8.69. The fourth-order valence-electron chi connectivity index (χ4n) is 2.20. The monoisotopic (exact) mass is 305 g/mol. The summed E-state index contributed by atoms with van der Waals surface area (Å²) in [5.41, 5.74) is 5.61. The summed E-state index contributed by atoms with van der Waals surface area (Å²) in [7, 11) is 0. The Morgan fingerprint density at radius 1 is 1.58 bits per heavy atom. The summed E-state index contributed by atoms with van der Waals surface area (Å²) >= 11 is 1.53. The maximum Gasteiger partial charge on any atom is 0.309 e. The Kier molecular flexibility index (Phi) is 6.54. The second-order valence-corrected chi connectivity index (χ2v) is 5.61. The molecule has 0 spiro atoms. The second kappa shape index (κ2) is 7.67. The molecule has 19 heavy (non-hydrogen) atoms. The van der Waals surface area contributed by atoms with E-state index in [9.17, 15) is 4.79 Å². The van der Waals surface area contributed by atoms with Gasteiger partial charge >= 0.3 is 5.97 Å². The number of piperidine rings is 1. The molecule has 2 N–H and O–H groups in total. The van der Waals surface area contributed by atoms with Crippen molar-refractivity contribution in [3.8, 4) is 0 Å². The number of anilines is 1. The van der Waals surface area contributed by atoms with Crippen LogP contribution in [0, 0.1) is 5.92 Å². The van der Waals surface area contributed by atoms with Crippen molar-refractivity contribution in [3.05, 3.63) is 11.1 Å². The van der Waals surface area contributed by atoms with E-state index in [1.165, 1.54) is 16.2 Å². The van der Waals surface area contributed by atoms with Gasteiger partial charge in [0.1, 0.15) is 0 Å². The Labute approximate surface area is 123 Å². The summed E-state index contributed by atoms with van der Waals surface area (Å²) in [6, 6.07) is 0. The summed E-state index contributed by atoms with van der Waals surface area (Å²) < 4.78 is 5.06. The van der Waals surface area contributed by atoms with Crippen molar-refractivity contribution in [2.24, 2.45) is 5.92 Å². The SMILES string of the molecule is CCOC(=O)C1CCN(Cc2cnc(N)s2)CC1.Cl. The lowest BCUT2D eigenvalue weighted by Gasteiger charge is -2.30. The van der Waals surface area contributed by atoms with Crippen molar-refractivity contribution in [1.82, 2.24) is 9.88 Å². The van der Waals surface area contributed by atoms with E-state index in [2.05, 4.69) is 9.88 Å². The maximum atomic E-state index is 11.6. The van der Waals surface area contributed by atoms with Crippen LogP contribution in [0.15, 0.2) is 6.20 Å². The number of rotatable bonds is 4. The molecule has 2 heterocycles. The number of ether oxygens (including phenoxy) is 1. The predicted molar refractivity (Wildman–Crippen MR) is 78.4 cm³/mol. The molecule has 0 aromatic carbocycles. The van der Waals surface area contributed by atoms with E-state index in [0.717, 1.165) is 32.5 Å². The summed E-state index contributed by atoms with van der Waals surface area (Å²) in [5.74, 6) is 0.0342. The minimum atomic E-state index is -0.0424. The number of carbonyl (C=O) groups excluding carboxylic acids is 1. The molecule has 0 amide bonds. The summed E-state index contributed by atoms with van der Waals surface area (Å²) in [6.07, 6.45) is 3.59. The van der Waals surface area contributed by atoms with Gasteiger partial charge in [0.05, 0.1) is 12.5 Å².